The molecule has 2 rings (SSSR count). The Bertz CT molecular complexity index is 569. The van der Waals surface area contributed by atoms with E-state index in [2.05, 4.69) is 5.32 Å². The predicted octanol–water partition coefficient (Wildman–Crippen LogP) is 2.42. The Balaban J connectivity index is 0.00000264. The fourth-order valence-electron chi connectivity index (χ4n) is 2.74. The number of hydrogen-bond donors (Lipinski definition) is 1. The smallest absolute Gasteiger partial charge is 0.223 e. The highest BCUT2D eigenvalue weighted by atomic mass is 35.5. The lowest BCUT2D eigenvalue weighted by Crippen LogP contribution is -2.30. The monoisotopic (exact) mass is 346 g/mol. The van der Waals surface area contributed by atoms with Crippen molar-refractivity contribution in [1.29, 1.82) is 0 Å². The van der Waals surface area contributed by atoms with E-state index in [1.54, 1.807) is 4.90 Å². The summed E-state index contributed by atoms with van der Waals surface area (Å²) in [5.74, 6) is -1.73. The number of benzene rings is 1. The normalized spacial score (nSPS) is 17.0. The minimum Gasteiger partial charge on any atom is -0.342 e. The van der Waals surface area contributed by atoms with Crippen molar-refractivity contribution in [3.8, 4) is 0 Å². The van der Waals surface area contributed by atoms with Crippen LogP contribution in [0.15, 0.2) is 18.2 Å². The molecule has 1 aliphatic rings. The quantitative estimate of drug-likeness (QED) is 0.805. The van der Waals surface area contributed by atoms with Gasteiger partial charge in [-0.1, -0.05) is 0 Å². The molecule has 1 saturated heterocycles. The van der Waals surface area contributed by atoms with Crippen molar-refractivity contribution < 1.29 is 18.4 Å². The van der Waals surface area contributed by atoms with Gasteiger partial charge >= 0.3 is 0 Å². The van der Waals surface area contributed by atoms with Crippen molar-refractivity contribution in [3.63, 3.8) is 0 Å². The fraction of sp³-hybridized carbons (Fsp3) is 0.500. The molecule has 1 fully saturated rings. The Labute approximate surface area is 140 Å². The summed E-state index contributed by atoms with van der Waals surface area (Å²) in [6, 6.07) is 2.84. The van der Waals surface area contributed by atoms with Gasteiger partial charge in [-0.05, 0) is 38.1 Å². The Morgan fingerprint density at radius 1 is 1.30 bits per heavy atom. The van der Waals surface area contributed by atoms with E-state index in [-0.39, 0.29) is 36.7 Å². The molecule has 0 radical (unpaired) electrons. The van der Waals surface area contributed by atoms with E-state index in [1.807, 2.05) is 7.05 Å². The van der Waals surface area contributed by atoms with Gasteiger partial charge in [-0.3, -0.25) is 9.59 Å². The van der Waals surface area contributed by atoms with Crippen molar-refractivity contribution in [2.75, 3.05) is 26.7 Å². The van der Waals surface area contributed by atoms with Crippen LogP contribution in [-0.2, 0) is 4.79 Å². The van der Waals surface area contributed by atoms with E-state index in [0.717, 1.165) is 25.1 Å². The number of carbonyl (C=O) groups excluding carboxylic acids is 2. The van der Waals surface area contributed by atoms with E-state index in [1.165, 1.54) is 0 Å². The minimum absolute atomic E-state index is 0. The summed E-state index contributed by atoms with van der Waals surface area (Å²) in [6.07, 6.45) is 0.948. The first-order valence-electron chi connectivity index (χ1n) is 7.42. The van der Waals surface area contributed by atoms with Gasteiger partial charge in [0.1, 0.15) is 11.6 Å². The molecule has 1 amide bonds. The van der Waals surface area contributed by atoms with Crippen LogP contribution in [-0.4, -0.2) is 43.3 Å². The topological polar surface area (TPSA) is 49.4 Å². The van der Waals surface area contributed by atoms with Crippen molar-refractivity contribution in [2.45, 2.75) is 19.3 Å². The van der Waals surface area contributed by atoms with Gasteiger partial charge in [-0.25, -0.2) is 8.78 Å². The van der Waals surface area contributed by atoms with Crippen molar-refractivity contribution in [2.24, 2.45) is 5.92 Å². The number of amides is 1. The van der Waals surface area contributed by atoms with Gasteiger partial charge < -0.3 is 10.2 Å². The van der Waals surface area contributed by atoms with Crippen LogP contribution in [0.1, 0.15) is 29.6 Å². The second-order valence-electron chi connectivity index (χ2n) is 5.60. The van der Waals surface area contributed by atoms with Crippen molar-refractivity contribution >= 4 is 24.1 Å². The lowest BCUT2D eigenvalue weighted by Gasteiger charge is -2.16. The molecular weight excluding hydrogens is 326 g/mol. The summed E-state index contributed by atoms with van der Waals surface area (Å²) < 4.78 is 26.3. The number of rotatable bonds is 6. The molecule has 1 heterocycles. The lowest BCUT2D eigenvalue weighted by molar-refractivity contribution is -0.130. The summed E-state index contributed by atoms with van der Waals surface area (Å²) in [6.45, 7) is 2.26. The first kappa shape index (κ1) is 19.5. The zero-order valence-corrected chi connectivity index (χ0v) is 13.8. The van der Waals surface area contributed by atoms with Gasteiger partial charge in [0.2, 0.25) is 5.91 Å². The fourth-order valence-corrected chi connectivity index (χ4v) is 2.74. The third-order valence-corrected chi connectivity index (χ3v) is 3.93. The Morgan fingerprint density at radius 2 is 2.04 bits per heavy atom. The standard InChI is InChI=1S/C16H20F2N2O2.ClH/c1-19-9-11-6-7-20(10-11)16(22)5-4-15(21)13-3-2-12(17)8-14(13)18;/h2-3,8,11,19H,4-7,9-10H2,1H3;1H. The van der Waals surface area contributed by atoms with Crippen molar-refractivity contribution in [3.05, 3.63) is 35.4 Å². The second kappa shape index (κ2) is 8.93. The molecule has 1 aliphatic heterocycles. The zero-order chi connectivity index (χ0) is 16.1. The van der Waals surface area contributed by atoms with E-state index in [9.17, 15) is 18.4 Å². The summed E-state index contributed by atoms with van der Waals surface area (Å²) in [5.41, 5.74) is -0.163. The number of nitrogens with zero attached hydrogens (tertiary/aromatic N) is 1. The van der Waals surface area contributed by atoms with E-state index in [0.29, 0.717) is 25.1 Å². The molecule has 128 valence electrons. The minimum atomic E-state index is -0.882. The lowest BCUT2D eigenvalue weighted by atomic mass is 10.1. The predicted molar refractivity (Wildman–Crippen MR) is 85.8 cm³/mol. The maximum atomic E-state index is 13.5. The Kier molecular flexibility index (Phi) is 7.58. The highest BCUT2D eigenvalue weighted by Gasteiger charge is 2.26. The molecule has 0 saturated carbocycles. The third kappa shape index (κ3) is 5.25. The number of carbonyl (C=O) groups is 2. The third-order valence-electron chi connectivity index (χ3n) is 3.93. The number of likely N-dealkylation sites (tertiary alicyclic amines) is 1. The van der Waals surface area contributed by atoms with Crippen LogP contribution in [0.4, 0.5) is 8.78 Å². The van der Waals surface area contributed by atoms with E-state index < -0.39 is 17.4 Å². The van der Waals surface area contributed by atoms with Crippen LogP contribution in [0, 0.1) is 17.6 Å². The molecular formula is C16H21ClF2N2O2. The van der Waals surface area contributed by atoms with Gasteiger partial charge in [0.05, 0.1) is 5.56 Å². The van der Waals surface area contributed by atoms with Crippen LogP contribution < -0.4 is 5.32 Å². The van der Waals surface area contributed by atoms with Crippen LogP contribution >= 0.6 is 12.4 Å². The van der Waals surface area contributed by atoms with Crippen LogP contribution in [0.25, 0.3) is 0 Å². The first-order chi connectivity index (χ1) is 10.5. The van der Waals surface area contributed by atoms with E-state index >= 15 is 0 Å². The molecule has 0 spiro atoms. The summed E-state index contributed by atoms with van der Waals surface area (Å²) in [5, 5.41) is 3.09. The summed E-state index contributed by atoms with van der Waals surface area (Å²) in [7, 11) is 1.88. The highest BCUT2D eigenvalue weighted by molar-refractivity contribution is 5.98. The zero-order valence-electron chi connectivity index (χ0n) is 13.0. The Hall–Kier alpha value is -1.53. The molecule has 23 heavy (non-hydrogen) atoms. The van der Waals surface area contributed by atoms with Crippen LogP contribution in [0.5, 0.6) is 0 Å². The van der Waals surface area contributed by atoms with Gasteiger partial charge in [0.25, 0.3) is 0 Å². The molecule has 0 aliphatic carbocycles. The molecule has 1 atom stereocenters. The Morgan fingerprint density at radius 3 is 2.70 bits per heavy atom. The molecule has 1 aromatic rings. The summed E-state index contributed by atoms with van der Waals surface area (Å²) in [4.78, 5) is 25.7. The van der Waals surface area contributed by atoms with Crippen molar-refractivity contribution in [1.82, 2.24) is 10.2 Å². The SMILES string of the molecule is CNCC1CCN(C(=O)CCC(=O)c2ccc(F)cc2F)C1.Cl. The molecule has 1 aromatic carbocycles. The number of Topliss-reactive ketones (excluding diaryl/α,β-unsaturated/α-hetero) is 1. The largest absolute Gasteiger partial charge is 0.342 e. The average Bonchev–Trinajstić information content (AvgIpc) is 2.93. The number of nitrogens with one attached hydrogen (secondary N) is 1. The highest BCUT2D eigenvalue weighted by Crippen LogP contribution is 2.18. The second-order valence-corrected chi connectivity index (χ2v) is 5.60. The maximum absolute atomic E-state index is 13.5. The molecule has 1 N–H and O–H groups in total. The number of ketones is 1. The first-order valence-corrected chi connectivity index (χ1v) is 7.42. The van der Waals surface area contributed by atoms with E-state index in [4.69, 9.17) is 0 Å². The van der Waals surface area contributed by atoms with Gasteiger partial charge in [-0.2, -0.15) is 0 Å². The van der Waals surface area contributed by atoms with Gasteiger partial charge in [0, 0.05) is 32.0 Å². The molecule has 1 unspecified atom stereocenters. The molecule has 4 nitrogen and oxygen atoms in total. The molecule has 7 heteroatoms. The molecule has 0 aromatic heterocycles. The van der Waals surface area contributed by atoms with Crippen LogP contribution in [0.3, 0.4) is 0 Å². The maximum Gasteiger partial charge on any atom is 0.223 e. The number of halogens is 3. The molecule has 0 bridgehead atoms. The van der Waals surface area contributed by atoms with Gasteiger partial charge in [0.15, 0.2) is 5.78 Å². The summed E-state index contributed by atoms with van der Waals surface area (Å²) >= 11 is 0. The van der Waals surface area contributed by atoms with Gasteiger partial charge in [-0.15, -0.1) is 12.4 Å². The van der Waals surface area contributed by atoms with Crippen LogP contribution in [0.2, 0.25) is 0 Å². The average molecular weight is 347 g/mol. The number of hydrogen-bond acceptors (Lipinski definition) is 3.